The molecule has 2 fully saturated rings. The van der Waals surface area contributed by atoms with Gasteiger partial charge >= 0.3 is 0 Å². The lowest BCUT2D eigenvalue weighted by atomic mass is 9.86. The zero-order valence-corrected chi connectivity index (χ0v) is 19.2. The number of hydrogen-bond donors (Lipinski definition) is 1. The first kappa shape index (κ1) is 21.2. The summed E-state index contributed by atoms with van der Waals surface area (Å²) in [4.78, 5) is 30.3. The van der Waals surface area contributed by atoms with Crippen LogP contribution in [0.15, 0.2) is 12.3 Å². The van der Waals surface area contributed by atoms with Crippen molar-refractivity contribution in [1.29, 1.82) is 0 Å². The third kappa shape index (κ3) is 4.99. The van der Waals surface area contributed by atoms with Gasteiger partial charge < -0.3 is 10.2 Å². The molecule has 0 bridgehead atoms. The molecule has 1 amide bonds. The SMILES string of the molecule is Cc1ncc(-c2nc(NC(C)C)cc(C3CCCN(C(=O)C4CCCCC4)C3)n2)s1. The summed E-state index contributed by atoms with van der Waals surface area (Å²) in [6, 6.07) is 2.37. The highest BCUT2D eigenvalue weighted by Gasteiger charge is 2.31. The Labute approximate surface area is 183 Å². The van der Waals surface area contributed by atoms with E-state index in [1.807, 2.05) is 13.1 Å². The fraction of sp³-hybridized carbons (Fsp3) is 0.652. The molecule has 6 nitrogen and oxygen atoms in total. The van der Waals surface area contributed by atoms with E-state index in [1.165, 1.54) is 19.3 Å². The van der Waals surface area contributed by atoms with Crippen molar-refractivity contribution in [3.05, 3.63) is 23.0 Å². The Morgan fingerprint density at radius 1 is 1.17 bits per heavy atom. The molecule has 0 aromatic carbocycles. The van der Waals surface area contributed by atoms with Crippen molar-refractivity contribution >= 4 is 23.1 Å². The van der Waals surface area contributed by atoms with Crippen LogP contribution >= 0.6 is 11.3 Å². The minimum Gasteiger partial charge on any atom is -0.368 e. The first-order valence-corrected chi connectivity index (χ1v) is 12.2. The second-order valence-corrected chi connectivity index (χ2v) is 10.2. The summed E-state index contributed by atoms with van der Waals surface area (Å²) < 4.78 is 0. The Morgan fingerprint density at radius 3 is 2.67 bits per heavy atom. The summed E-state index contributed by atoms with van der Waals surface area (Å²) >= 11 is 1.62. The number of nitrogens with zero attached hydrogens (tertiary/aromatic N) is 4. The third-order valence-corrected chi connectivity index (χ3v) is 7.04. The number of rotatable bonds is 5. The van der Waals surface area contributed by atoms with Crippen LogP contribution < -0.4 is 5.32 Å². The number of amides is 1. The summed E-state index contributed by atoms with van der Waals surface area (Å²) in [6.45, 7) is 7.89. The Kier molecular flexibility index (Phi) is 6.66. The quantitative estimate of drug-likeness (QED) is 0.726. The summed E-state index contributed by atoms with van der Waals surface area (Å²) in [6.07, 6.45) is 9.75. The Balaban J connectivity index is 1.57. The van der Waals surface area contributed by atoms with Crippen molar-refractivity contribution in [2.75, 3.05) is 18.4 Å². The molecule has 4 rings (SSSR count). The fourth-order valence-electron chi connectivity index (χ4n) is 4.65. The highest BCUT2D eigenvalue weighted by atomic mass is 32.1. The van der Waals surface area contributed by atoms with Gasteiger partial charge in [0.25, 0.3) is 0 Å². The smallest absolute Gasteiger partial charge is 0.225 e. The molecule has 7 heteroatoms. The highest BCUT2D eigenvalue weighted by molar-refractivity contribution is 7.14. The summed E-state index contributed by atoms with van der Waals surface area (Å²) in [5.74, 6) is 2.45. The van der Waals surface area contributed by atoms with Crippen LogP contribution in [0.5, 0.6) is 0 Å². The van der Waals surface area contributed by atoms with E-state index >= 15 is 0 Å². The van der Waals surface area contributed by atoms with E-state index in [0.717, 1.165) is 66.0 Å². The first-order valence-electron chi connectivity index (χ1n) is 11.4. The molecule has 1 aliphatic heterocycles. The number of thiazole rings is 1. The van der Waals surface area contributed by atoms with Gasteiger partial charge in [-0.3, -0.25) is 4.79 Å². The number of carbonyl (C=O) groups is 1. The molecule has 2 aromatic rings. The number of aromatic nitrogens is 3. The van der Waals surface area contributed by atoms with Crippen molar-refractivity contribution < 1.29 is 4.79 Å². The van der Waals surface area contributed by atoms with Gasteiger partial charge in [0.1, 0.15) is 5.82 Å². The van der Waals surface area contributed by atoms with Crippen LogP contribution in [0.3, 0.4) is 0 Å². The van der Waals surface area contributed by atoms with Crippen molar-refractivity contribution in [2.24, 2.45) is 5.92 Å². The van der Waals surface area contributed by atoms with Gasteiger partial charge in [0, 0.05) is 43.2 Å². The Morgan fingerprint density at radius 2 is 1.97 bits per heavy atom. The van der Waals surface area contributed by atoms with E-state index in [2.05, 4.69) is 35.1 Å². The maximum atomic E-state index is 13.1. The number of nitrogens with one attached hydrogen (secondary N) is 1. The maximum Gasteiger partial charge on any atom is 0.225 e. The zero-order valence-electron chi connectivity index (χ0n) is 18.4. The lowest BCUT2D eigenvalue weighted by Crippen LogP contribution is -2.43. The van der Waals surface area contributed by atoms with E-state index in [0.29, 0.717) is 11.9 Å². The maximum absolute atomic E-state index is 13.1. The minimum atomic E-state index is 0.233. The number of carbonyl (C=O) groups excluding carboxylic acids is 1. The van der Waals surface area contributed by atoms with Crippen LogP contribution in [-0.2, 0) is 4.79 Å². The van der Waals surface area contributed by atoms with E-state index in [-0.39, 0.29) is 11.8 Å². The highest BCUT2D eigenvalue weighted by Crippen LogP contribution is 2.32. The zero-order chi connectivity index (χ0) is 21.1. The molecule has 1 N–H and O–H groups in total. The standard InChI is InChI=1S/C23H33N5OS/c1-15(2)25-21-12-19(26-22(27-21)20-13-24-16(3)30-20)18-10-7-11-28(14-18)23(29)17-8-5-4-6-9-17/h12-13,15,17-18H,4-11,14H2,1-3H3,(H,25,26,27). The van der Waals surface area contributed by atoms with Crippen LogP contribution in [0.4, 0.5) is 5.82 Å². The van der Waals surface area contributed by atoms with Gasteiger partial charge in [0.05, 0.1) is 15.6 Å². The molecule has 0 radical (unpaired) electrons. The first-order chi connectivity index (χ1) is 14.5. The second kappa shape index (κ2) is 9.41. The Hall–Kier alpha value is -2.02. The molecule has 1 saturated heterocycles. The molecule has 1 unspecified atom stereocenters. The van der Waals surface area contributed by atoms with Crippen LogP contribution in [0.25, 0.3) is 10.7 Å². The molecule has 3 heterocycles. The molecule has 0 spiro atoms. The van der Waals surface area contributed by atoms with Crippen molar-refractivity contribution in [3.63, 3.8) is 0 Å². The summed E-state index contributed by atoms with van der Waals surface area (Å²) in [5, 5.41) is 4.45. The molecule has 162 valence electrons. The van der Waals surface area contributed by atoms with Gasteiger partial charge in [-0.05, 0) is 46.5 Å². The van der Waals surface area contributed by atoms with Gasteiger partial charge in [-0.1, -0.05) is 19.3 Å². The number of piperidine rings is 1. The van der Waals surface area contributed by atoms with Crippen LogP contribution in [0, 0.1) is 12.8 Å². The molecule has 2 aliphatic rings. The number of anilines is 1. The summed E-state index contributed by atoms with van der Waals surface area (Å²) in [5.41, 5.74) is 1.04. The van der Waals surface area contributed by atoms with Gasteiger partial charge in [0.15, 0.2) is 5.82 Å². The number of hydrogen-bond acceptors (Lipinski definition) is 6. The molecular weight excluding hydrogens is 394 g/mol. The van der Waals surface area contributed by atoms with Crippen LogP contribution in [0.1, 0.15) is 75.4 Å². The topological polar surface area (TPSA) is 71.0 Å². The van der Waals surface area contributed by atoms with Crippen LogP contribution in [0.2, 0.25) is 0 Å². The van der Waals surface area contributed by atoms with Crippen LogP contribution in [-0.4, -0.2) is 44.9 Å². The normalized spacial score (nSPS) is 20.5. The van der Waals surface area contributed by atoms with Gasteiger partial charge in [-0.15, -0.1) is 11.3 Å². The fourth-order valence-corrected chi connectivity index (χ4v) is 5.36. The van der Waals surface area contributed by atoms with Gasteiger partial charge in [0.2, 0.25) is 5.91 Å². The predicted octanol–water partition coefficient (Wildman–Crippen LogP) is 5.02. The van der Waals surface area contributed by atoms with Crippen molar-refractivity contribution in [2.45, 2.75) is 77.7 Å². The second-order valence-electron chi connectivity index (χ2n) is 9.00. The van der Waals surface area contributed by atoms with Gasteiger partial charge in [-0.25, -0.2) is 15.0 Å². The van der Waals surface area contributed by atoms with E-state index < -0.39 is 0 Å². The molecule has 2 aromatic heterocycles. The molecule has 30 heavy (non-hydrogen) atoms. The Bertz CT molecular complexity index is 874. The van der Waals surface area contributed by atoms with Gasteiger partial charge in [-0.2, -0.15) is 0 Å². The lowest BCUT2D eigenvalue weighted by Gasteiger charge is -2.36. The monoisotopic (exact) mass is 427 g/mol. The molecular formula is C23H33N5OS. The minimum absolute atomic E-state index is 0.233. The number of likely N-dealkylation sites (tertiary alicyclic amines) is 1. The van der Waals surface area contributed by atoms with E-state index in [1.54, 1.807) is 11.3 Å². The predicted molar refractivity (Wildman–Crippen MR) is 122 cm³/mol. The molecule has 1 atom stereocenters. The third-order valence-electron chi connectivity index (χ3n) is 6.13. The van der Waals surface area contributed by atoms with E-state index in [4.69, 9.17) is 9.97 Å². The average molecular weight is 428 g/mol. The lowest BCUT2D eigenvalue weighted by molar-refractivity contribution is -0.137. The van der Waals surface area contributed by atoms with E-state index in [9.17, 15) is 4.79 Å². The summed E-state index contributed by atoms with van der Waals surface area (Å²) in [7, 11) is 0. The van der Waals surface area contributed by atoms with Crippen molar-refractivity contribution in [1.82, 2.24) is 19.9 Å². The number of aryl methyl sites for hydroxylation is 1. The average Bonchev–Trinajstić information content (AvgIpc) is 3.19. The molecule has 1 aliphatic carbocycles. The molecule has 1 saturated carbocycles. The largest absolute Gasteiger partial charge is 0.368 e. The van der Waals surface area contributed by atoms with Crippen molar-refractivity contribution in [3.8, 4) is 10.7 Å².